The predicted octanol–water partition coefficient (Wildman–Crippen LogP) is 1.11. The Bertz CT molecular complexity index is 303. The predicted molar refractivity (Wildman–Crippen MR) is 33.9 cm³/mol. The average molecular weight is 174 g/mol. The van der Waals surface area contributed by atoms with Crippen LogP contribution in [0, 0.1) is 0 Å². The lowest BCUT2D eigenvalue weighted by molar-refractivity contribution is 0.0688. The first-order valence-corrected chi connectivity index (χ1v) is 2.94. The van der Waals surface area contributed by atoms with E-state index in [1.54, 1.807) is 0 Å². The number of carboxylic acids is 1. The van der Waals surface area contributed by atoms with E-state index in [1.807, 2.05) is 0 Å². The second-order valence-electron chi connectivity index (χ2n) is 1.94. The van der Waals surface area contributed by atoms with Crippen molar-refractivity contribution in [3.63, 3.8) is 0 Å². The summed E-state index contributed by atoms with van der Waals surface area (Å²) >= 11 is 0. The van der Waals surface area contributed by atoms with Crippen LogP contribution in [0.2, 0.25) is 0 Å². The maximum atomic E-state index is 11.9. The summed E-state index contributed by atoms with van der Waals surface area (Å²) in [5.74, 6) is -1.37. The molecule has 6 heteroatoms. The van der Waals surface area contributed by atoms with Crippen LogP contribution in [0.1, 0.15) is 22.6 Å². The third-order valence-electron chi connectivity index (χ3n) is 1.10. The molecule has 0 radical (unpaired) electrons. The van der Waals surface area contributed by atoms with Gasteiger partial charge in [0.25, 0.3) is 6.43 Å². The van der Waals surface area contributed by atoms with Crippen molar-refractivity contribution >= 4 is 5.97 Å². The summed E-state index contributed by atoms with van der Waals surface area (Å²) in [4.78, 5) is 16.7. The van der Waals surface area contributed by atoms with E-state index in [0.717, 1.165) is 12.4 Å². The second kappa shape index (κ2) is 3.21. The molecule has 0 saturated carbocycles. The fourth-order valence-corrected chi connectivity index (χ4v) is 0.589. The largest absolute Gasteiger partial charge is 0.476 e. The van der Waals surface area contributed by atoms with E-state index in [2.05, 4.69) is 9.97 Å². The van der Waals surface area contributed by atoms with Crippen molar-refractivity contribution < 1.29 is 18.7 Å². The van der Waals surface area contributed by atoms with Gasteiger partial charge < -0.3 is 5.11 Å². The van der Waals surface area contributed by atoms with Gasteiger partial charge in [-0.3, -0.25) is 4.98 Å². The van der Waals surface area contributed by atoms with Crippen molar-refractivity contribution in [2.45, 2.75) is 6.43 Å². The lowest BCUT2D eigenvalue weighted by atomic mass is 10.4. The maximum absolute atomic E-state index is 11.9. The molecule has 12 heavy (non-hydrogen) atoms. The molecule has 1 N–H and O–H groups in total. The number of halogens is 2. The second-order valence-corrected chi connectivity index (χ2v) is 1.94. The number of rotatable bonds is 2. The van der Waals surface area contributed by atoms with E-state index >= 15 is 0 Å². The molecule has 0 spiro atoms. The molecule has 64 valence electrons. The first kappa shape index (κ1) is 8.51. The summed E-state index contributed by atoms with van der Waals surface area (Å²) in [5, 5.41) is 8.34. The van der Waals surface area contributed by atoms with E-state index in [9.17, 15) is 13.6 Å². The van der Waals surface area contributed by atoms with Gasteiger partial charge in [0.1, 0.15) is 5.69 Å². The van der Waals surface area contributed by atoms with Crippen LogP contribution in [0.4, 0.5) is 8.78 Å². The number of nitrogens with zero attached hydrogens (tertiary/aromatic N) is 2. The Labute approximate surface area is 65.9 Å². The summed E-state index contributed by atoms with van der Waals surface area (Å²) in [6.45, 7) is 0. The van der Waals surface area contributed by atoms with Gasteiger partial charge in [0.15, 0.2) is 5.69 Å². The van der Waals surface area contributed by atoms with Crippen LogP contribution in [0.3, 0.4) is 0 Å². The van der Waals surface area contributed by atoms with Gasteiger partial charge in [0, 0.05) is 0 Å². The third-order valence-corrected chi connectivity index (χ3v) is 1.10. The molecule has 0 bridgehead atoms. The SMILES string of the molecule is O=C(O)c1cncc(C(F)F)n1. The summed E-state index contributed by atoms with van der Waals surface area (Å²) in [7, 11) is 0. The van der Waals surface area contributed by atoms with Crippen LogP contribution >= 0.6 is 0 Å². The highest BCUT2D eigenvalue weighted by Crippen LogP contribution is 2.14. The van der Waals surface area contributed by atoms with Gasteiger partial charge in [-0.1, -0.05) is 0 Å². The highest BCUT2D eigenvalue weighted by molar-refractivity contribution is 5.84. The molecule has 1 aromatic heterocycles. The Morgan fingerprint density at radius 3 is 2.67 bits per heavy atom. The fourth-order valence-electron chi connectivity index (χ4n) is 0.589. The van der Waals surface area contributed by atoms with Gasteiger partial charge in [-0.15, -0.1) is 0 Å². The fraction of sp³-hybridized carbons (Fsp3) is 0.167. The monoisotopic (exact) mass is 174 g/mol. The molecule has 0 aliphatic carbocycles. The molecule has 0 saturated heterocycles. The Morgan fingerprint density at radius 2 is 2.17 bits per heavy atom. The van der Waals surface area contributed by atoms with Crippen LogP contribution in [0.5, 0.6) is 0 Å². The number of carbonyl (C=O) groups is 1. The summed E-state index contributed by atoms with van der Waals surface area (Å²) in [5.41, 5.74) is -1.11. The Kier molecular flexibility index (Phi) is 2.27. The van der Waals surface area contributed by atoms with E-state index in [4.69, 9.17) is 5.11 Å². The molecule has 0 fully saturated rings. The molecule has 4 nitrogen and oxygen atoms in total. The minimum Gasteiger partial charge on any atom is -0.476 e. The Morgan fingerprint density at radius 1 is 1.50 bits per heavy atom. The van der Waals surface area contributed by atoms with Crippen molar-refractivity contribution in [3.8, 4) is 0 Å². The molecule has 1 rings (SSSR count). The normalized spacial score (nSPS) is 10.2. The molecule has 0 unspecified atom stereocenters. The quantitative estimate of drug-likeness (QED) is 0.729. The molecular weight excluding hydrogens is 170 g/mol. The lowest BCUT2D eigenvalue weighted by Crippen LogP contribution is -2.03. The minimum absolute atomic E-state index is 0.479. The number of aromatic carboxylic acids is 1. The van der Waals surface area contributed by atoms with Crippen molar-refractivity contribution in [2.24, 2.45) is 0 Å². The molecule has 0 amide bonds. The summed E-state index contributed by atoms with van der Waals surface area (Å²) in [6, 6.07) is 0. The number of carboxylic acid groups (broad SMARTS) is 1. The zero-order chi connectivity index (χ0) is 9.14. The maximum Gasteiger partial charge on any atom is 0.356 e. The molecule has 0 atom stereocenters. The Balaban J connectivity index is 3.04. The van der Waals surface area contributed by atoms with Crippen molar-refractivity contribution in [1.29, 1.82) is 0 Å². The van der Waals surface area contributed by atoms with Crippen LogP contribution in [-0.2, 0) is 0 Å². The first-order valence-electron chi connectivity index (χ1n) is 2.94. The molecule has 0 aliphatic rings. The Hall–Kier alpha value is -1.59. The number of aromatic nitrogens is 2. The zero-order valence-corrected chi connectivity index (χ0v) is 5.74. The molecule has 0 aliphatic heterocycles. The van der Waals surface area contributed by atoms with Crippen molar-refractivity contribution in [2.75, 3.05) is 0 Å². The minimum atomic E-state index is -2.79. The van der Waals surface area contributed by atoms with Gasteiger partial charge in [-0.2, -0.15) is 0 Å². The highest BCUT2D eigenvalue weighted by atomic mass is 19.3. The number of alkyl halides is 2. The van der Waals surface area contributed by atoms with Gasteiger partial charge >= 0.3 is 5.97 Å². The van der Waals surface area contributed by atoms with E-state index in [-0.39, 0.29) is 0 Å². The van der Waals surface area contributed by atoms with Gasteiger partial charge in [0.2, 0.25) is 0 Å². The summed E-state index contributed by atoms with van der Waals surface area (Å²) < 4.78 is 23.8. The topological polar surface area (TPSA) is 63.1 Å². The molecule has 1 heterocycles. The standard InChI is InChI=1S/C6H4F2N2O2/c7-5(8)3-1-9-2-4(10-3)6(11)12/h1-2,5H,(H,11,12). The lowest BCUT2D eigenvalue weighted by Gasteiger charge is -1.97. The van der Waals surface area contributed by atoms with Crippen molar-refractivity contribution in [3.05, 3.63) is 23.8 Å². The van der Waals surface area contributed by atoms with Gasteiger partial charge in [-0.05, 0) is 0 Å². The third kappa shape index (κ3) is 1.71. The smallest absolute Gasteiger partial charge is 0.356 e. The summed E-state index contributed by atoms with van der Waals surface area (Å²) in [6.07, 6.45) is -1.05. The van der Waals surface area contributed by atoms with E-state index < -0.39 is 23.8 Å². The van der Waals surface area contributed by atoms with Crippen molar-refractivity contribution in [1.82, 2.24) is 9.97 Å². The van der Waals surface area contributed by atoms with Gasteiger partial charge in [0.05, 0.1) is 12.4 Å². The van der Waals surface area contributed by atoms with Crippen LogP contribution in [0.25, 0.3) is 0 Å². The molecule has 1 aromatic rings. The zero-order valence-electron chi connectivity index (χ0n) is 5.74. The number of hydrogen-bond donors (Lipinski definition) is 1. The van der Waals surface area contributed by atoms with Crippen LogP contribution < -0.4 is 0 Å². The van der Waals surface area contributed by atoms with Crippen LogP contribution in [0.15, 0.2) is 12.4 Å². The molecule has 0 aromatic carbocycles. The number of hydrogen-bond acceptors (Lipinski definition) is 3. The van der Waals surface area contributed by atoms with Crippen LogP contribution in [-0.4, -0.2) is 21.0 Å². The van der Waals surface area contributed by atoms with E-state index in [0.29, 0.717) is 0 Å². The molecular formula is C6H4F2N2O2. The average Bonchev–Trinajstić information content (AvgIpc) is 2.04. The highest BCUT2D eigenvalue weighted by Gasteiger charge is 2.12. The van der Waals surface area contributed by atoms with Gasteiger partial charge in [-0.25, -0.2) is 18.6 Å². The first-order chi connectivity index (χ1) is 5.61. The van der Waals surface area contributed by atoms with E-state index in [1.165, 1.54) is 0 Å².